The van der Waals surface area contributed by atoms with Crippen molar-refractivity contribution in [1.82, 2.24) is 56.1 Å². The van der Waals surface area contributed by atoms with Gasteiger partial charge in [-0.2, -0.15) is 20.2 Å². The quantitative estimate of drug-likeness (QED) is 0.109. The number of benzene rings is 2. The van der Waals surface area contributed by atoms with Gasteiger partial charge in [-0.3, -0.25) is 10.2 Å². The van der Waals surface area contributed by atoms with E-state index in [-0.39, 0.29) is 11.5 Å². The van der Waals surface area contributed by atoms with Crippen molar-refractivity contribution in [2.75, 3.05) is 36.0 Å². The number of nitrogens with zero attached hydrogens (tertiary/aromatic N) is 10. The third-order valence-electron chi connectivity index (χ3n) is 12.9. The SMILES string of the molecule is Oc1cc(-c2cn[nH]c2)ccc1-c1cc2sc(N3CCC34CCCCC4)nc2nn1.Oc1cc(-c2cn[nH]c2)ccc1-c1cc2sc(N3CC[C@H]4CCNC[C@H]43)nc2nn1. The van der Waals surface area contributed by atoms with Crippen molar-refractivity contribution in [3.8, 4) is 56.3 Å². The molecule has 0 radical (unpaired) electrons. The molecular weight excluding hydrogens is 795 g/mol. The highest BCUT2D eigenvalue weighted by Crippen LogP contribution is 2.48. The lowest BCUT2D eigenvalue weighted by Gasteiger charge is -2.55. The van der Waals surface area contributed by atoms with Crippen LogP contribution in [0.4, 0.5) is 10.3 Å². The van der Waals surface area contributed by atoms with Gasteiger partial charge < -0.3 is 25.3 Å². The maximum Gasteiger partial charge on any atom is 0.194 e. The van der Waals surface area contributed by atoms with E-state index in [0.717, 1.165) is 74.0 Å². The monoisotopic (exact) mass is 837 g/mol. The van der Waals surface area contributed by atoms with Gasteiger partial charge in [0.05, 0.1) is 33.2 Å². The lowest BCUT2D eigenvalue weighted by atomic mass is 9.73. The number of aromatic amines is 2. The van der Waals surface area contributed by atoms with Gasteiger partial charge in [0.1, 0.15) is 11.5 Å². The van der Waals surface area contributed by atoms with E-state index in [1.807, 2.05) is 36.4 Å². The molecule has 6 aromatic heterocycles. The fourth-order valence-corrected chi connectivity index (χ4v) is 11.6. The number of rotatable bonds is 6. The molecule has 17 heteroatoms. The molecule has 2 atom stereocenters. The third-order valence-corrected chi connectivity index (χ3v) is 14.9. The Morgan fingerprint density at radius 2 is 1.27 bits per heavy atom. The van der Waals surface area contributed by atoms with Gasteiger partial charge in [-0.1, -0.05) is 54.1 Å². The largest absolute Gasteiger partial charge is 0.507 e. The number of nitrogens with one attached hydrogen (secondary N) is 3. The van der Waals surface area contributed by atoms with E-state index >= 15 is 0 Å². The highest BCUT2D eigenvalue weighted by molar-refractivity contribution is 7.22. The predicted molar refractivity (Wildman–Crippen MR) is 234 cm³/mol. The van der Waals surface area contributed by atoms with Crippen LogP contribution in [0.1, 0.15) is 51.4 Å². The van der Waals surface area contributed by atoms with Crippen LogP contribution in [0, 0.1) is 5.92 Å². The van der Waals surface area contributed by atoms with Crippen LogP contribution in [0.3, 0.4) is 0 Å². The summed E-state index contributed by atoms with van der Waals surface area (Å²) in [4.78, 5) is 14.5. The lowest BCUT2D eigenvalue weighted by Crippen LogP contribution is -2.61. The van der Waals surface area contributed by atoms with Crippen LogP contribution in [0.25, 0.3) is 65.5 Å². The molecule has 3 aliphatic heterocycles. The number of phenolic OH excluding ortho intramolecular Hbond substituents is 2. The van der Waals surface area contributed by atoms with Crippen LogP contribution in [0.15, 0.2) is 73.3 Å². The summed E-state index contributed by atoms with van der Waals surface area (Å²) in [6.45, 7) is 4.27. The molecule has 4 fully saturated rings. The van der Waals surface area contributed by atoms with Gasteiger partial charge in [0.15, 0.2) is 21.6 Å². The summed E-state index contributed by atoms with van der Waals surface area (Å²) in [7, 11) is 0. The molecule has 1 aliphatic carbocycles. The molecule has 12 rings (SSSR count). The summed E-state index contributed by atoms with van der Waals surface area (Å²) >= 11 is 3.34. The normalized spacial score (nSPS) is 19.7. The standard InChI is InChI=1S/C22H22N6OS.C21H21N7OS/c29-18-10-14(15-12-23-24-13-15)4-5-16(18)17-11-19-20(27-26-17)25-21(30-19)28-9-8-22(28)6-2-1-3-7-22;29-18-7-13(14-9-23-24-10-14)1-2-15(18)16-8-19-20(27-26-16)25-21(30-19)28-6-4-12-3-5-22-11-17(12)28/h4-5,10-13,29H,1-3,6-9H2,(H,23,24);1-2,7-10,12,17,22,29H,3-6,11H2,(H,23,24)/t;12-,17-/m.1/s1. The Bertz CT molecular complexity index is 2640. The number of aromatic nitrogens is 10. The zero-order valence-electron chi connectivity index (χ0n) is 32.8. The minimum Gasteiger partial charge on any atom is -0.507 e. The second-order valence-electron chi connectivity index (χ2n) is 16.3. The summed E-state index contributed by atoms with van der Waals surface area (Å²) in [5.41, 5.74) is 7.94. The van der Waals surface area contributed by atoms with Crippen LogP contribution < -0.4 is 15.1 Å². The average molecular weight is 838 g/mol. The van der Waals surface area contributed by atoms with E-state index in [4.69, 9.17) is 9.97 Å². The molecule has 3 saturated heterocycles. The van der Waals surface area contributed by atoms with Crippen LogP contribution in [-0.2, 0) is 0 Å². The molecule has 60 heavy (non-hydrogen) atoms. The van der Waals surface area contributed by atoms with E-state index < -0.39 is 0 Å². The van der Waals surface area contributed by atoms with Crippen molar-refractivity contribution < 1.29 is 10.2 Å². The van der Waals surface area contributed by atoms with Gasteiger partial charge in [0.25, 0.3) is 0 Å². The molecule has 2 aromatic carbocycles. The number of piperidine rings is 1. The van der Waals surface area contributed by atoms with Gasteiger partial charge in [0.2, 0.25) is 0 Å². The first-order valence-electron chi connectivity index (χ1n) is 20.7. The van der Waals surface area contributed by atoms with E-state index in [9.17, 15) is 10.2 Å². The molecule has 9 heterocycles. The predicted octanol–water partition coefficient (Wildman–Crippen LogP) is 7.80. The third kappa shape index (κ3) is 6.70. The Hall–Kier alpha value is -6.04. The number of H-pyrrole nitrogens is 2. The summed E-state index contributed by atoms with van der Waals surface area (Å²) in [5, 5.41) is 57.7. The van der Waals surface area contributed by atoms with Gasteiger partial charge in [-0.15, -0.1) is 20.4 Å². The topological polar surface area (TPSA) is 194 Å². The smallest absolute Gasteiger partial charge is 0.194 e. The summed E-state index contributed by atoms with van der Waals surface area (Å²) in [6.07, 6.45) is 17.3. The van der Waals surface area contributed by atoms with E-state index in [2.05, 4.69) is 55.9 Å². The fraction of sp³-hybridized carbons (Fsp3) is 0.349. The van der Waals surface area contributed by atoms with Crippen molar-refractivity contribution in [2.24, 2.45) is 5.92 Å². The van der Waals surface area contributed by atoms with Crippen LogP contribution in [0.5, 0.6) is 11.5 Å². The van der Waals surface area contributed by atoms with Gasteiger partial charge >= 0.3 is 0 Å². The van der Waals surface area contributed by atoms with Crippen molar-refractivity contribution >= 4 is 53.6 Å². The number of fused-ring (bicyclic) bond motifs is 3. The zero-order chi connectivity index (χ0) is 40.2. The maximum absolute atomic E-state index is 10.6. The van der Waals surface area contributed by atoms with Gasteiger partial charge in [-0.25, -0.2) is 0 Å². The Balaban J connectivity index is 0.000000136. The summed E-state index contributed by atoms with van der Waals surface area (Å²) < 4.78 is 1.99. The van der Waals surface area contributed by atoms with Crippen molar-refractivity contribution in [1.29, 1.82) is 0 Å². The highest BCUT2D eigenvalue weighted by atomic mass is 32.1. The van der Waals surface area contributed by atoms with Gasteiger partial charge in [-0.05, 0) is 92.1 Å². The van der Waals surface area contributed by atoms with Crippen molar-refractivity contribution in [3.63, 3.8) is 0 Å². The minimum absolute atomic E-state index is 0.169. The number of phenols is 2. The fourth-order valence-electron chi connectivity index (χ4n) is 9.51. The Kier molecular flexibility index (Phi) is 9.38. The molecule has 5 N–H and O–H groups in total. The molecule has 4 aliphatic rings. The molecular formula is C43H43N13O2S2. The van der Waals surface area contributed by atoms with Gasteiger partial charge in [0, 0.05) is 65.9 Å². The maximum atomic E-state index is 10.6. The van der Waals surface area contributed by atoms with Crippen molar-refractivity contribution in [2.45, 2.75) is 62.9 Å². The Morgan fingerprint density at radius 3 is 1.83 bits per heavy atom. The number of hydrogen-bond acceptors (Lipinski definition) is 15. The molecule has 1 spiro atoms. The molecule has 1 saturated carbocycles. The molecule has 8 aromatic rings. The average Bonchev–Trinajstić information content (AvgIpc) is 4.13. The van der Waals surface area contributed by atoms with Crippen LogP contribution >= 0.6 is 22.7 Å². The second-order valence-corrected chi connectivity index (χ2v) is 18.3. The number of aromatic hydroxyl groups is 2. The minimum atomic E-state index is 0.169. The lowest BCUT2D eigenvalue weighted by molar-refractivity contribution is 0.195. The summed E-state index contributed by atoms with van der Waals surface area (Å²) in [6, 6.07) is 15.6. The first-order chi connectivity index (χ1) is 29.5. The molecule has 0 unspecified atom stereocenters. The second kappa shape index (κ2) is 15.2. The first-order valence-corrected chi connectivity index (χ1v) is 22.3. The molecule has 304 valence electrons. The Labute approximate surface area is 353 Å². The van der Waals surface area contributed by atoms with Crippen LogP contribution in [0.2, 0.25) is 0 Å². The number of thiazole rings is 2. The number of anilines is 2. The summed E-state index contributed by atoms with van der Waals surface area (Å²) in [5.74, 6) is 1.10. The molecule has 15 nitrogen and oxygen atoms in total. The molecule has 0 bridgehead atoms. The van der Waals surface area contributed by atoms with E-state index in [1.54, 1.807) is 59.6 Å². The van der Waals surface area contributed by atoms with E-state index in [0.29, 0.717) is 45.4 Å². The highest BCUT2D eigenvalue weighted by Gasteiger charge is 2.46. The van der Waals surface area contributed by atoms with E-state index in [1.165, 1.54) is 51.4 Å². The Morgan fingerprint density at radius 1 is 0.650 bits per heavy atom. The van der Waals surface area contributed by atoms with Crippen LogP contribution in [-0.4, -0.2) is 98.7 Å². The molecule has 0 amide bonds. The van der Waals surface area contributed by atoms with Crippen molar-refractivity contribution in [3.05, 3.63) is 73.3 Å². The first kappa shape index (κ1) is 37.0. The number of hydrogen-bond donors (Lipinski definition) is 5. The zero-order valence-corrected chi connectivity index (χ0v) is 34.4.